The number of thioether (sulfide) groups is 1. The third-order valence-electron chi connectivity index (χ3n) is 3.03. The molecule has 1 aromatic heterocycles. The summed E-state index contributed by atoms with van der Waals surface area (Å²) in [7, 11) is 3.01. The maximum atomic E-state index is 13.5. The molecule has 0 bridgehead atoms. The minimum atomic E-state index is -0.563. The zero-order chi connectivity index (χ0) is 16.3. The van der Waals surface area contributed by atoms with Crippen LogP contribution >= 0.6 is 23.4 Å². The number of aromatic nitrogens is 2. The van der Waals surface area contributed by atoms with Crippen LogP contribution in [0.1, 0.15) is 16.6 Å². The van der Waals surface area contributed by atoms with Gasteiger partial charge in [-0.15, -0.1) is 11.8 Å². The SMILES string of the molecule is COc1cc(OC)nc(C(SC)c2ccc(F)c(Cl)c2N)n1. The molecule has 0 aliphatic rings. The van der Waals surface area contributed by atoms with E-state index in [-0.39, 0.29) is 16.0 Å². The Hall–Kier alpha value is -1.73. The molecule has 0 aliphatic heterocycles. The van der Waals surface area contributed by atoms with Crippen LogP contribution in [0.15, 0.2) is 18.2 Å². The highest BCUT2D eigenvalue weighted by molar-refractivity contribution is 7.99. The Morgan fingerprint density at radius 2 is 1.82 bits per heavy atom. The first kappa shape index (κ1) is 16.6. The van der Waals surface area contributed by atoms with Gasteiger partial charge in [0, 0.05) is 0 Å². The Bertz CT molecular complexity index is 665. The highest BCUT2D eigenvalue weighted by Gasteiger charge is 2.23. The minimum Gasteiger partial charge on any atom is -0.481 e. The molecular weight excluding hydrogens is 329 g/mol. The van der Waals surface area contributed by atoms with Crippen molar-refractivity contribution in [3.8, 4) is 11.8 Å². The number of nitrogen functional groups attached to an aromatic ring is 1. The molecule has 0 amide bonds. The predicted octanol–water partition coefficient (Wildman–Crippen LogP) is 3.32. The molecule has 2 aromatic rings. The Morgan fingerprint density at radius 3 is 2.32 bits per heavy atom. The summed E-state index contributed by atoms with van der Waals surface area (Å²) in [6.45, 7) is 0. The largest absolute Gasteiger partial charge is 0.481 e. The normalized spacial score (nSPS) is 12.0. The number of nitrogens with zero attached hydrogens (tertiary/aromatic N) is 2. The maximum Gasteiger partial charge on any atom is 0.220 e. The average molecular weight is 344 g/mol. The van der Waals surface area contributed by atoms with E-state index >= 15 is 0 Å². The number of hydrogen-bond donors (Lipinski definition) is 1. The van der Waals surface area contributed by atoms with Crippen LogP contribution in [0.25, 0.3) is 0 Å². The second kappa shape index (κ2) is 7.02. The van der Waals surface area contributed by atoms with Gasteiger partial charge in [-0.25, -0.2) is 4.39 Å². The fourth-order valence-corrected chi connectivity index (χ4v) is 2.88. The monoisotopic (exact) mass is 343 g/mol. The van der Waals surface area contributed by atoms with Crippen molar-refractivity contribution in [3.63, 3.8) is 0 Å². The van der Waals surface area contributed by atoms with Crippen molar-refractivity contribution in [2.45, 2.75) is 5.25 Å². The van der Waals surface area contributed by atoms with E-state index in [0.29, 0.717) is 23.1 Å². The molecule has 8 heteroatoms. The van der Waals surface area contributed by atoms with Gasteiger partial charge >= 0.3 is 0 Å². The van der Waals surface area contributed by atoms with Crippen LogP contribution in [-0.4, -0.2) is 30.4 Å². The molecule has 0 saturated heterocycles. The lowest BCUT2D eigenvalue weighted by atomic mass is 10.1. The van der Waals surface area contributed by atoms with Crippen molar-refractivity contribution in [2.75, 3.05) is 26.2 Å². The highest BCUT2D eigenvalue weighted by atomic mass is 35.5. The second-order valence-corrected chi connectivity index (χ2v) is 5.61. The smallest absolute Gasteiger partial charge is 0.220 e. The van der Waals surface area contributed by atoms with Crippen molar-refractivity contribution in [1.82, 2.24) is 9.97 Å². The van der Waals surface area contributed by atoms with Gasteiger partial charge < -0.3 is 15.2 Å². The summed E-state index contributed by atoms with van der Waals surface area (Å²) in [5, 5.41) is -0.437. The molecule has 1 atom stereocenters. The molecule has 1 heterocycles. The summed E-state index contributed by atoms with van der Waals surface area (Å²) in [5.74, 6) is 0.616. The third kappa shape index (κ3) is 3.20. The van der Waals surface area contributed by atoms with E-state index in [2.05, 4.69) is 9.97 Å². The maximum absolute atomic E-state index is 13.5. The van der Waals surface area contributed by atoms with Gasteiger partial charge in [-0.1, -0.05) is 17.7 Å². The van der Waals surface area contributed by atoms with Gasteiger partial charge in [0.1, 0.15) is 5.82 Å². The molecule has 0 radical (unpaired) electrons. The van der Waals surface area contributed by atoms with E-state index in [1.165, 1.54) is 32.0 Å². The zero-order valence-electron chi connectivity index (χ0n) is 12.3. The summed E-state index contributed by atoms with van der Waals surface area (Å²) in [5.41, 5.74) is 6.74. The topological polar surface area (TPSA) is 70.3 Å². The molecule has 1 unspecified atom stereocenters. The van der Waals surface area contributed by atoms with Crippen molar-refractivity contribution in [2.24, 2.45) is 0 Å². The number of ether oxygens (including phenoxy) is 2. The molecule has 2 rings (SSSR count). The summed E-state index contributed by atoms with van der Waals surface area (Å²) < 4.78 is 23.8. The quantitative estimate of drug-likeness (QED) is 0.840. The van der Waals surface area contributed by atoms with Gasteiger partial charge in [-0.3, -0.25) is 0 Å². The second-order valence-electron chi connectivity index (χ2n) is 4.29. The van der Waals surface area contributed by atoms with Crippen molar-refractivity contribution in [3.05, 3.63) is 40.4 Å². The molecule has 22 heavy (non-hydrogen) atoms. The Balaban J connectivity index is 2.55. The Labute approximate surface area is 137 Å². The molecule has 0 aliphatic carbocycles. The van der Waals surface area contributed by atoms with Gasteiger partial charge in [0.2, 0.25) is 11.8 Å². The van der Waals surface area contributed by atoms with Crippen LogP contribution in [-0.2, 0) is 0 Å². The summed E-state index contributed by atoms with van der Waals surface area (Å²) in [6.07, 6.45) is 1.87. The molecule has 5 nitrogen and oxygen atoms in total. The lowest BCUT2D eigenvalue weighted by molar-refractivity contribution is 0.368. The number of halogens is 2. The van der Waals surface area contributed by atoms with Crippen molar-refractivity contribution in [1.29, 1.82) is 0 Å². The predicted molar refractivity (Wildman–Crippen MR) is 86.3 cm³/mol. The van der Waals surface area contributed by atoms with Gasteiger partial charge in [0.05, 0.1) is 36.2 Å². The minimum absolute atomic E-state index is 0.105. The summed E-state index contributed by atoms with van der Waals surface area (Å²) in [6, 6.07) is 4.42. The molecule has 2 N–H and O–H groups in total. The van der Waals surface area contributed by atoms with E-state index in [4.69, 9.17) is 26.8 Å². The number of nitrogens with two attached hydrogens (primary N) is 1. The van der Waals surface area contributed by atoms with E-state index in [1.807, 2.05) is 6.26 Å². The summed E-state index contributed by atoms with van der Waals surface area (Å²) >= 11 is 7.33. The van der Waals surface area contributed by atoms with Crippen LogP contribution in [0.5, 0.6) is 11.8 Å². The van der Waals surface area contributed by atoms with E-state index in [9.17, 15) is 4.39 Å². The van der Waals surface area contributed by atoms with E-state index in [0.717, 1.165) is 0 Å². The zero-order valence-corrected chi connectivity index (χ0v) is 13.8. The summed E-state index contributed by atoms with van der Waals surface area (Å²) in [4.78, 5) is 8.63. The number of benzene rings is 1. The lowest BCUT2D eigenvalue weighted by Gasteiger charge is -2.17. The highest BCUT2D eigenvalue weighted by Crippen LogP contribution is 2.39. The number of hydrogen-bond acceptors (Lipinski definition) is 6. The molecular formula is C14H15ClFN3O2S. The van der Waals surface area contributed by atoms with Crippen LogP contribution in [0.2, 0.25) is 5.02 Å². The fraction of sp³-hybridized carbons (Fsp3) is 0.286. The fourth-order valence-electron chi connectivity index (χ4n) is 1.93. The van der Waals surface area contributed by atoms with Crippen LogP contribution in [0.4, 0.5) is 10.1 Å². The first-order chi connectivity index (χ1) is 10.5. The first-order valence-electron chi connectivity index (χ1n) is 6.25. The third-order valence-corrected chi connectivity index (χ3v) is 4.35. The number of methoxy groups -OCH3 is 2. The average Bonchev–Trinajstić information content (AvgIpc) is 2.55. The molecule has 0 spiro atoms. The Morgan fingerprint density at radius 1 is 1.23 bits per heavy atom. The standard InChI is InChI=1S/C14H15ClFN3O2S/c1-20-9-6-10(21-2)19-14(18-9)13(22-3)7-4-5-8(16)11(15)12(7)17/h4-6,13H,17H2,1-3H3. The van der Waals surface area contributed by atoms with Crippen molar-refractivity contribution >= 4 is 29.1 Å². The van der Waals surface area contributed by atoms with Gasteiger partial charge in [0.25, 0.3) is 0 Å². The van der Waals surface area contributed by atoms with E-state index < -0.39 is 5.82 Å². The molecule has 118 valence electrons. The van der Waals surface area contributed by atoms with Crippen LogP contribution in [0.3, 0.4) is 0 Å². The van der Waals surface area contributed by atoms with Gasteiger partial charge in [-0.05, 0) is 17.9 Å². The number of anilines is 1. The molecule has 0 fully saturated rings. The lowest BCUT2D eigenvalue weighted by Crippen LogP contribution is -2.08. The van der Waals surface area contributed by atoms with Gasteiger partial charge in [-0.2, -0.15) is 9.97 Å². The Kier molecular flexibility index (Phi) is 5.31. The van der Waals surface area contributed by atoms with E-state index in [1.54, 1.807) is 12.1 Å². The van der Waals surface area contributed by atoms with Crippen molar-refractivity contribution < 1.29 is 13.9 Å². The van der Waals surface area contributed by atoms with Gasteiger partial charge in [0.15, 0.2) is 5.82 Å². The van der Waals surface area contributed by atoms with Crippen LogP contribution in [0, 0.1) is 5.82 Å². The first-order valence-corrected chi connectivity index (χ1v) is 7.91. The number of rotatable bonds is 5. The molecule has 0 saturated carbocycles. The van der Waals surface area contributed by atoms with Crippen LogP contribution < -0.4 is 15.2 Å². The molecule has 1 aromatic carbocycles.